The van der Waals surface area contributed by atoms with Gasteiger partial charge in [0.1, 0.15) is 5.75 Å². The van der Waals surface area contributed by atoms with Gasteiger partial charge in [-0.1, -0.05) is 0 Å². The zero-order valence-electron chi connectivity index (χ0n) is 8.16. The summed E-state index contributed by atoms with van der Waals surface area (Å²) in [6, 6.07) is 4.34. The number of aromatic hydroxyl groups is 1. The summed E-state index contributed by atoms with van der Waals surface area (Å²) in [6.45, 7) is 0.417. The van der Waals surface area contributed by atoms with Gasteiger partial charge in [0.2, 0.25) is 0 Å². The first kappa shape index (κ1) is 10.9. The number of hydrogen-bond donors (Lipinski definition) is 3. The molecule has 0 aromatic heterocycles. The van der Waals surface area contributed by atoms with Crippen LogP contribution >= 0.6 is 0 Å². The Labute approximate surface area is 88.1 Å². The molecule has 0 aliphatic heterocycles. The van der Waals surface area contributed by atoms with Gasteiger partial charge in [-0.15, -0.1) is 12.3 Å². The van der Waals surface area contributed by atoms with E-state index in [-0.39, 0.29) is 17.3 Å². The third kappa shape index (κ3) is 2.92. The molecular weight excluding hydrogens is 192 g/mol. The van der Waals surface area contributed by atoms with E-state index in [1.165, 1.54) is 12.1 Å². The topological polar surface area (TPSA) is 75.4 Å². The predicted octanol–water partition coefficient (Wildman–Crippen LogP) is 0.728. The van der Waals surface area contributed by atoms with Gasteiger partial charge in [-0.3, -0.25) is 4.79 Å². The maximum absolute atomic E-state index is 11.5. The fourth-order valence-electron chi connectivity index (χ4n) is 1.04. The third-order valence-corrected chi connectivity index (χ3v) is 1.85. The first-order valence-corrected chi connectivity index (χ1v) is 4.45. The number of phenols is 1. The van der Waals surface area contributed by atoms with Crippen LogP contribution in [0.4, 0.5) is 5.69 Å². The molecular formula is C11H12N2O2. The van der Waals surface area contributed by atoms with Crippen molar-refractivity contribution in [2.24, 2.45) is 0 Å². The molecule has 4 heteroatoms. The van der Waals surface area contributed by atoms with Crippen LogP contribution in [0.25, 0.3) is 0 Å². The van der Waals surface area contributed by atoms with Gasteiger partial charge in [0.15, 0.2) is 0 Å². The smallest absolute Gasteiger partial charge is 0.251 e. The van der Waals surface area contributed by atoms with E-state index >= 15 is 0 Å². The average Bonchev–Trinajstić information content (AvgIpc) is 2.22. The van der Waals surface area contributed by atoms with E-state index in [4.69, 9.17) is 12.2 Å². The molecule has 0 radical (unpaired) electrons. The molecule has 0 atom stereocenters. The second-order valence-corrected chi connectivity index (χ2v) is 2.98. The van der Waals surface area contributed by atoms with Crippen LogP contribution in [-0.4, -0.2) is 17.6 Å². The number of phenolic OH excluding ortho intramolecular Hbond substituents is 1. The van der Waals surface area contributed by atoms with Gasteiger partial charge >= 0.3 is 0 Å². The van der Waals surface area contributed by atoms with Crippen molar-refractivity contribution in [3.63, 3.8) is 0 Å². The Bertz CT molecular complexity index is 408. The third-order valence-electron chi connectivity index (χ3n) is 1.85. The van der Waals surface area contributed by atoms with Gasteiger partial charge in [-0.05, 0) is 18.2 Å². The number of nitrogens with one attached hydrogen (secondary N) is 1. The lowest BCUT2D eigenvalue weighted by molar-refractivity contribution is 0.0954. The number of carbonyl (C=O) groups is 1. The number of carbonyl (C=O) groups excluding carboxylic acids is 1. The molecule has 0 fully saturated rings. The lowest BCUT2D eigenvalue weighted by Gasteiger charge is -2.04. The van der Waals surface area contributed by atoms with E-state index < -0.39 is 0 Å². The number of terminal acetylenes is 1. The molecule has 78 valence electrons. The summed E-state index contributed by atoms with van der Waals surface area (Å²) >= 11 is 0. The van der Waals surface area contributed by atoms with Crippen LogP contribution < -0.4 is 11.1 Å². The highest BCUT2D eigenvalue weighted by molar-refractivity contribution is 5.95. The molecule has 15 heavy (non-hydrogen) atoms. The van der Waals surface area contributed by atoms with Gasteiger partial charge in [-0.25, -0.2) is 0 Å². The second kappa shape index (κ2) is 4.91. The van der Waals surface area contributed by atoms with Crippen molar-refractivity contribution in [1.29, 1.82) is 0 Å². The Hall–Kier alpha value is -2.15. The van der Waals surface area contributed by atoms with E-state index in [2.05, 4.69) is 11.2 Å². The number of nitrogen functional groups attached to an aromatic ring is 1. The van der Waals surface area contributed by atoms with Crippen LogP contribution in [0.1, 0.15) is 16.8 Å². The number of rotatable bonds is 3. The summed E-state index contributed by atoms with van der Waals surface area (Å²) in [6.07, 6.45) is 5.52. The number of hydrogen-bond acceptors (Lipinski definition) is 3. The zero-order chi connectivity index (χ0) is 11.3. The Morgan fingerprint density at radius 2 is 2.33 bits per heavy atom. The number of anilines is 1. The van der Waals surface area contributed by atoms with Crippen molar-refractivity contribution >= 4 is 11.6 Å². The van der Waals surface area contributed by atoms with Gasteiger partial charge < -0.3 is 16.2 Å². The summed E-state index contributed by atoms with van der Waals surface area (Å²) in [4.78, 5) is 11.5. The van der Waals surface area contributed by atoms with E-state index in [1.807, 2.05) is 0 Å². The van der Waals surface area contributed by atoms with Crippen molar-refractivity contribution in [3.8, 4) is 18.1 Å². The van der Waals surface area contributed by atoms with Gasteiger partial charge in [0.25, 0.3) is 5.91 Å². The minimum atomic E-state index is -0.277. The maximum Gasteiger partial charge on any atom is 0.251 e. The molecule has 4 N–H and O–H groups in total. The molecule has 1 rings (SSSR count). The molecule has 0 heterocycles. The van der Waals surface area contributed by atoms with Gasteiger partial charge in [-0.2, -0.15) is 0 Å². The van der Waals surface area contributed by atoms with Gasteiger partial charge in [0, 0.05) is 18.5 Å². The largest absolute Gasteiger partial charge is 0.506 e. The summed E-state index contributed by atoms with van der Waals surface area (Å²) in [5, 5.41) is 11.9. The Kier molecular flexibility index (Phi) is 3.58. The molecule has 1 aromatic carbocycles. The molecule has 1 aromatic rings. The van der Waals surface area contributed by atoms with Crippen LogP contribution in [0.2, 0.25) is 0 Å². The highest BCUT2D eigenvalue weighted by Gasteiger charge is 2.06. The fourth-order valence-corrected chi connectivity index (χ4v) is 1.04. The Balaban J connectivity index is 2.67. The molecule has 0 bridgehead atoms. The lowest BCUT2D eigenvalue weighted by Crippen LogP contribution is -2.24. The maximum atomic E-state index is 11.5. The van der Waals surface area contributed by atoms with Crippen LogP contribution in [0.3, 0.4) is 0 Å². The van der Waals surface area contributed by atoms with Crippen LogP contribution in [0.5, 0.6) is 5.75 Å². The van der Waals surface area contributed by atoms with Crippen LogP contribution in [0, 0.1) is 12.3 Å². The summed E-state index contributed by atoms with van der Waals surface area (Å²) in [5.74, 6) is 2.04. The number of amides is 1. The summed E-state index contributed by atoms with van der Waals surface area (Å²) < 4.78 is 0. The second-order valence-electron chi connectivity index (χ2n) is 2.98. The lowest BCUT2D eigenvalue weighted by atomic mass is 10.2. The van der Waals surface area contributed by atoms with Gasteiger partial charge in [0.05, 0.1) is 5.69 Å². The van der Waals surface area contributed by atoms with E-state index in [0.29, 0.717) is 18.5 Å². The molecule has 0 saturated heterocycles. The molecule has 1 amide bonds. The monoisotopic (exact) mass is 204 g/mol. The molecule has 0 aliphatic rings. The average molecular weight is 204 g/mol. The normalized spacial score (nSPS) is 9.27. The van der Waals surface area contributed by atoms with Crippen LogP contribution in [0.15, 0.2) is 18.2 Å². The number of nitrogens with two attached hydrogens (primary N) is 1. The molecule has 0 unspecified atom stereocenters. The minimum absolute atomic E-state index is 0.0976. The predicted molar refractivity (Wildman–Crippen MR) is 58.3 cm³/mol. The molecule has 0 spiro atoms. The quantitative estimate of drug-likeness (QED) is 0.294. The van der Waals surface area contributed by atoms with E-state index in [0.717, 1.165) is 0 Å². The van der Waals surface area contributed by atoms with Crippen molar-refractivity contribution in [1.82, 2.24) is 5.32 Å². The van der Waals surface area contributed by atoms with Crippen molar-refractivity contribution in [2.75, 3.05) is 12.3 Å². The van der Waals surface area contributed by atoms with Crippen molar-refractivity contribution < 1.29 is 9.90 Å². The summed E-state index contributed by atoms with van der Waals surface area (Å²) in [7, 11) is 0. The first-order chi connectivity index (χ1) is 7.15. The van der Waals surface area contributed by atoms with E-state index in [1.54, 1.807) is 6.07 Å². The van der Waals surface area contributed by atoms with E-state index in [9.17, 15) is 9.90 Å². The van der Waals surface area contributed by atoms with Crippen molar-refractivity contribution in [2.45, 2.75) is 6.42 Å². The standard InChI is InChI=1S/C11H12N2O2/c1-2-3-6-13-11(15)8-4-5-9(12)10(14)7-8/h1,4-5,7,14H,3,6,12H2,(H,13,15). The Morgan fingerprint density at radius 3 is 2.93 bits per heavy atom. The SMILES string of the molecule is C#CCCNC(=O)c1ccc(N)c(O)c1. The number of benzene rings is 1. The summed E-state index contributed by atoms with van der Waals surface area (Å²) in [5.41, 5.74) is 6.01. The first-order valence-electron chi connectivity index (χ1n) is 4.45. The molecule has 0 saturated carbocycles. The fraction of sp³-hybridized carbons (Fsp3) is 0.182. The minimum Gasteiger partial charge on any atom is -0.506 e. The highest BCUT2D eigenvalue weighted by Crippen LogP contribution is 2.20. The Morgan fingerprint density at radius 1 is 1.60 bits per heavy atom. The van der Waals surface area contributed by atoms with Crippen molar-refractivity contribution in [3.05, 3.63) is 23.8 Å². The zero-order valence-corrected chi connectivity index (χ0v) is 8.16. The van der Waals surface area contributed by atoms with Crippen LogP contribution in [-0.2, 0) is 0 Å². The highest BCUT2D eigenvalue weighted by atomic mass is 16.3. The molecule has 0 aliphatic carbocycles. The molecule has 4 nitrogen and oxygen atoms in total.